The predicted molar refractivity (Wildman–Crippen MR) is 82.5 cm³/mol. The lowest BCUT2D eigenvalue weighted by Gasteiger charge is -2.10. The lowest BCUT2D eigenvalue weighted by Crippen LogP contribution is -2.13. The molecule has 20 heavy (non-hydrogen) atoms. The van der Waals surface area contributed by atoms with E-state index >= 15 is 0 Å². The molecule has 0 unspecified atom stereocenters. The first-order valence-electron chi connectivity index (χ1n) is 7.34. The third-order valence-electron chi connectivity index (χ3n) is 3.85. The summed E-state index contributed by atoms with van der Waals surface area (Å²) < 4.78 is 5.81. The lowest BCUT2D eigenvalue weighted by atomic mass is 10.0. The van der Waals surface area contributed by atoms with E-state index in [0.29, 0.717) is 12.5 Å². The molecule has 1 saturated heterocycles. The van der Waals surface area contributed by atoms with Crippen LogP contribution in [0.5, 0.6) is 0 Å². The van der Waals surface area contributed by atoms with Crippen LogP contribution in [0.3, 0.4) is 0 Å². The quantitative estimate of drug-likeness (QED) is 0.895. The monoisotopic (exact) mass is 267 g/mol. The summed E-state index contributed by atoms with van der Waals surface area (Å²) in [6, 6.07) is 19.1. The van der Waals surface area contributed by atoms with E-state index in [1.165, 1.54) is 23.1 Å². The Balaban J connectivity index is 1.53. The Labute approximate surface area is 120 Å². The minimum Gasteiger partial charge on any atom is -0.376 e. The van der Waals surface area contributed by atoms with Crippen molar-refractivity contribution in [1.29, 1.82) is 0 Å². The molecule has 2 nitrogen and oxygen atoms in total. The van der Waals surface area contributed by atoms with Gasteiger partial charge in [0.2, 0.25) is 0 Å². The molecule has 3 rings (SSSR count). The van der Waals surface area contributed by atoms with Gasteiger partial charge in [-0.05, 0) is 35.6 Å². The van der Waals surface area contributed by atoms with Crippen molar-refractivity contribution in [3.8, 4) is 11.1 Å². The molecule has 0 aromatic heterocycles. The zero-order valence-electron chi connectivity index (χ0n) is 11.7. The standard InChI is InChI=1S/C18H21NO/c1-2-4-17(5-3-1)18-8-6-15(7-9-18)13-20-14-16-10-11-19-12-16/h1-9,16,19H,10-14H2/t16-/m0/s1. The summed E-state index contributed by atoms with van der Waals surface area (Å²) in [6.45, 7) is 3.83. The molecule has 2 heteroatoms. The molecule has 2 aromatic rings. The van der Waals surface area contributed by atoms with Gasteiger partial charge in [0.05, 0.1) is 13.2 Å². The van der Waals surface area contributed by atoms with Crippen molar-refractivity contribution in [3.05, 3.63) is 60.2 Å². The molecule has 0 spiro atoms. The Kier molecular flexibility index (Phi) is 4.46. The van der Waals surface area contributed by atoms with Crippen molar-refractivity contribution in [2.75, 3.05) is 19.7 Å². The minimum atomic E-state index is 0.693. The van der Waals surface area contributed by atoms with Gasteiger partial charge in [-0.15, -0.1) is 0 Å². The molecule has 1 atom stereocenters. The van der Waals surface area contributed by atoms with Crippen LogP contribution in [0.4, 0.5) is 0 Å². The minimum absolute atomic E-state index is 0.693. The summed E-state index contributed by atoms with van der Waals surface area (Å²) in [5, 5.41) is 3.37. The van der Waals surface area contributed by atoms with Crippen LogP contribution < -0.4 is 5.32 Å². The summed E-state index contributed by atoms with van der Waals surface area (Å²) in [4.78, 5) is 0. The highest BCUT2D eigenvalue weighted by Crippen LogP contribution is 2.19. The van der Waals surface area contributed by atoms with Gasteiger partial charge in [-0.3, -0.25) is 0 Å². The van der Waals surface area contributed by atoms with Gasteiger partial charge in [-0.2, -0.15) is 0 Å². The van der Waals surface area contributed by atoms with E-state index in [2.05, 4.69) is 53.8 Å². The van der Waals surface area contributed by atoms with E-state index in [1.54, 1.807) is 0 Å². The largest absolute Gasteiger partial charge is 0.376 e. The van der Waals surface area contributed by atoms with Gasteiger partial charge in [0.15, 0.2) is 0 Å². The van der Waals surface area contributed by atoms with Gasteiger partial charge < -0.3 is 10.1 Å². The zero-order chi connectivity index (χ0) is 13.6. The number of hydrogen-bond acceptors (Lipinski definition) is 2. The molecule has 1 N–H and O–H groups in total. The van der Waals surface area contributed by atoms with Crippen molar-refractivity contribution in [3.63, 3.8) is 0 Å². The Morgan fingerprint density at radius 2 is 1.70 bits per heavy atom. The summed E-state index contributed by atoms with van der Waals surface area (Å²) in [5.41, 5.74) is 3.77. The van der Waals surface area contributed by atoms with E-state index in [1.807, 2.05) is 6.07 Å². The number of hydrogen-bond donors (Lipinski definition) is 1. The second-order valence-electron chi connectivity index (χ2n) is 5.44. The Morgan fingerprint density at radius 1 is 0.950 bits per heavy atom. The third kappa shape index (κ3) is 3.47. The summed E-state index contributed by atoms with van der Waals surface area (Å²) in [6.07, 6.45) is 1.24. The van der Waals surface area contributed by atoms with E-state index in [4.69, 9.17) is 4.74 Å². The zero-order valence-corrected chi connectivity index (χ0v) is 11.7. The van der Waals surface area contributed by atoms with Gasteiger partial charge >= 0.3 is 0 Å². The fourth-order valence-electron chi connectivity index (χ4n) is 2.62. The molecule has 1 aliphatic heterocycles. The van der Waals surface area contributed by atoms with E-state index in [-0.39, 0.29) is 0 Å². The van der Waals surface area contributed by atoms with Crippen LogP contribution in [0.25, 0.3) is 11.1 Å². The van der Waals surface area contributed by atoms with Gasteiger partial charge in [-0.1, -0.05) is 54.6 Å². The second-order valence-corrected chi connectivity index (χ2v) is 5.44. The second kappa shape index (κ2) is 6.69. The number of nitrogens with one attached hydrogen (secondary N) is 1. The molecule has 0 amide bonds. The van der Waals surface area contributed by atoms with Gasteiger partial charge in [0.1, 0.15) is 0 Å². The molecule has 1 aliphatic rings. The third-order valence-corrected chi connectivity index (χ3v) is 3.85. The normalized spacial score (nSPS) is 18.3. The van der Waals surface area contributed by atoms with Crippen LogP contribution in [0.15, 0.2) is 54.6 Å². The highest BCUT2D eigenvalue weighted by Gasteiger charge is 2.13. The summed E-state index contributed by atoms with van der Waals surface area (Å²) in [7, 11) is 0. The van der Waals surface area contributed by atoms with Crippen LogP contribution in [0, 0.1) is 5.92 Å². The molecule has 0 radical (unpaired) electrons. The van der Waals surface area contributed by atoms with Crippen LogP contribution in [0.1, 0.15) is 12.0 Å². The first-order valence-corrected chi connectivity index (χ1v) is 7.34. The number of benzene rings is 2. The van der Waals surface area contributed by atoms with E-state index in [0.717, 1.165) is 19.7 Å². The summed E-state index contributed by atoms with van der Waals surface area (Å²) >= 11 is 0. The molecular formula is C18H21NO. The molecule has 1 heterocycles. The Hall–Kier alpha value is -1.64. The van der Waals surface area contributed by atoms with Crippen LogP contribution >= 0.6 is 0 Å². The molecule has 0 bridgehead atoms. The molecule has 1 fully saturated rings. The van der Waals surface area contributed by atoms with Crippen molar-refractivity contribution < 1.29 is 4.74 Å². The fraction of sp³-hybridized carbons (Fsp3) is 0.333. The van der Waals surface area contributed by atoms with E-state index < -0.39 is 0 Å². The fourth-order valence-corrected chi connectivity index (χ4v) is 2.62. The maximum Gasteiger partial charge on any atom is 0.0717 e. The van der Waals surface area contributed by atoms with Crippen LogP contribution in [-0.4, -0.2) is 19.7 Å². The Morgan fingerprint density at radius 3 is 2.40 bits per heavy atom. The smallest absolute Gasteiger partial charge is 0.0717 e. The predicted octanol–water partition coefficient (Wildman–Crippen LogP) is 3.48. The van der Waals surface area contributed by atoms with Gasteiger partial charge in [0, 0.05) is 6.54 Å². The Bertz CT molecular complexity index is 515. The van der Waals surface area contributed by atoms with E-state index in [9.17, 15) is 0 Å². The highest BCUT2D eigenvalue weighted by molar-refractivity contribution is 5.63. The van der Waals surface area contributed by atoms with Crippen LogP contribution in [0.2, 0.25) is 0 Å². The maximum absolute atomic E-state index is 5.81. The van der Waals surface area contributed by atoms with Crippen LogP contribution in [-0.2, 0) is 11.3 Å². The van der Waals surface area contributed by atoms with Crippen molar-refractivity contribution >= 4 is 0 Å². The van der Waals surface area contributed by atoms with Crippen molar-refractivity contribution in [1.82, 2.24) is 5.32 Å². The lowest BCUT2D eigenvalue weighted by molar-refractivity contribution is 0.0925. The maximum atomic E-state index is 5.81. The van der Waals surface area contributed by atoms with Crippen molar-refractivity contribution in [2.45, 2.75) is 13.0 Å². The SMILES string of the molecule is c1ccc(-c2ccc(COC[C@H]3CCNC3)cc2)cc1. The van der Waals surface area contributed by atoms with Crippen molar-refractivity contribution in [2.24, 2.45) is 5.92 Å². The molecular weight excluding hydrogens is 246 g/mol. The van der Waals surface area contributed by atoms with Gasteiger partial charge in [0.25, 0.3) is 0 Å². The number of rotatable bonds is 5. The number of ether oxygens (including phenoxy) is 1. The molecule has 104 valence electrons. The molecule has 0 saturated carbocycles. The topological polar surface area (TPSA) is 21.3 Å². The first kappa shape index (κ1) is 13.3. The molecule has 0 aliphatic carbocycles. The molecule has 2 aromatic carbocycles. The average Bonchev–Trinajstić information content (AvgIpc) is 3.02. The highest BCUT2D eigenvalue weighted by atomic mass is 16.5. The average molecular weight is 267 g/mol. The van der Waals surface area contributed by atoms with Gasteiger partial charge in [-0.25, -0.2) is 0 Å². The first-order chi connectivity index (χ1) is 9.92. The summed E-state index contributed by atoms with van der Waals surface area (Å²) in [5.74, 6) is 0.693.